The van der Waals surface area contributed by atoms with E-state index >= 15 is 0 Å². The summed E-state index contributed by atoms with van der Waals surface area (Å²) < 4.78 is 0. The Bertz CT molecular complexity index is 175. The molecule has 0 aliphatic rings. The average Bonchev–Trinajstić information content (AvgIpc) is 2.08. The summed E-state index contributed by atoms with van der Waals surface area (Å²) in [6.45, 7) is -0.181. The van der Waals surface area contributed by atoms with Gasteiger partial charge in [0.2, 0.25) is 0 Å². The van der Waals surface area contributed by atoms with Crippen molar-refractivity contribution in [3.8, 4) is 0 Å². The Morgan fingerprint density at radius 2 is 1.50 bits per heavy atom. The molecule has 4 heteroatoms. The third kappa shape index (κ3) is 8.61. The molecule has 0 radical (unpaired) electrons. The number of carboxylic acid groups (broad SMARTS) is 1. The smallest absolute Gasteiger partial charge is 0.318 e. The summed E-state index contributed by atoms with van der Waals surface area (Å²) >= 11 is 0. The van der Waals surface area contributed by atoms with Gasteiger partial charge in [-0.2, -0.15) is 0 Å². The Hall–Kier alpha value is -1.39. The highest BCUT2D eigenvalue weighted by atomic mass is 16.4. The van der Waals surface area contributed by atoms with Crippen LogP contribution >= 0.6 is 0 Å². The molecule has 12 heavy (non-hydrogen) atoms. The maximum atomic E-state index is 9.46. The Morgan fingerprint density at radius 3 is 1.58 bits per heavy atom. The highest BCUT2D eigenvalue weighted by Crippen LogP contribution is 1.79. The van der Waals surface area contributed by atoms with Crippen molar-refractivity contribution in [3.05, 3.63) is 36.4 Å². The molecule has 4 N–H and O–H groups in total. The summed E-state index contributed by atoms with van der Waals surface area (Å²) in [6.07, 6.45) is 0. The maximum absolute atomic E-state index is 9.46. The zero-order chi connectivity index (χ0) is 9.23. The van der Waals surface area contributed by atoms with Crippen molar-refractivity contribution in [1.29, 1.82) is 0 Å². The van der Waals surface area contributed by atoms with Crippen molar-refractivity contribution < 1.29 is 9.90 Å². The van der Waals surface area contributed by atoms with Gasteiger partial charge in [-0.1, -0.05) is 36.4 Å². The zero-order valence-corrected chi connectivity index (χ0v) is 6.60. The predicted molar refractivity (Wildman–Crippen MR) is 46.3 cm³/mol. The van der Waals surface area contributed by atoms with Gasteiger partial charge in [0.15, 0.2) is 0 Å². The number of benzene rings is 1. The zero-order valence-electron chi connectivity index (χ0n) is 6.60. The van der Waals surface area contributed by atoms with Crippen LogP contribution < -0.4 is 11.3 Å². The Labute approximate surface area is 71.0 Å². The van der Waals surface area contributed by atoms with Crippen LogP contribution in [0.1, 0.15) is 0 Å². The van der Waals surface area contributed by atoms with Gasteiger partial charge in [0.05, 0.1) is 0 Å². The number of hydrazine groups is 1. The Kier molecular flexibility index (Phi) is 6.82. The van der Waals surface area contributed by atoms with Gasteiger partial charge in [-0.15, -0.1) is 0 Å². The SMILES string of the molecule is NNCC(=O)O.c1ccccc1. The number of rotatable bonds is 2. The minimum atomic E-state index is -0.947. The summed E-state index contributed by atoms with van der Waals surface area (Å²) in [7, 11) is 0. The summed E-state index contributed by atoms with van der Waals surface area (Å²) in [5.41, 5.74) is 1.97. The van der Waals surface area contributed by atoms with Crippen LogP contribution in [0.3, 0.4) is 0 Å². The lowest BCUT2D eigenvalue weighted by molar-refractivity contribution is -0.135. The maximum Gasteiger partial charge on any atom is 0.318 e. The molecule has 1 rings (SSSR count). The third-order valence-electron chi connectivity index (χ3n) is 0.920. The second kappa shape index (κ2) is 7.71. The molecule has 0 saturated heterocycles. The molecule has 0 spiro atoms. The first-order chi connectivity index (χ1) is 5.77. The molecule has 66 valence electrons. The van der Waals surface area contributed by atoms with Gasteiger partial charge in [0.25, 0.3) is 0 Å². The molecule has 0 fully saturated rings. The van der Waals surface area contributed by atoms with Crippen LogP contribution in [-0.2, 0) is 4.79 Å². The quantitative estimate of drug-likeness (QED) is 0.436. The molecule has 4 nitrogen and oxygen atoms in total. The number of hydrogen-bond donors (Lipinski definition) is 3. The van der Waals surface area contributed by atoms with E-state index in [2.05, 4.69) is 5.84 Å². The Morgan fingerprint density at radius 1 is 1.17 bits per heavy atom. The molecule has 0 saturated carbocycles. The van der Waals surface area contributed by atoms with E-state index in [-0.39, 0.29) is 6.54 Å². The molecule has 0 heterocycles. The number of nitrogens with two attached hydrogens (primary N) is 1. The first-order valence-electron chi connectivity index (χ1n) is 3.42. The summed E-state index contributed by atoms with van der Waals surface area (Å²) in [6, 6.07) is 12.0. The van der Waals surface area contributed by atoms with Crippen molar-refractivity contribution in [2.45, 2.75) is 0 Å². The van der Waals surface area contributed by atoms with Crippen LogP contribution in [0.5, 0.6) is 0 Å². The van der Waals surface area contributed by atoms with Crippen molar-refractivity contribution >= 4 is 5.97 Å². The van der Waals surface area contributed by atoms with Gasteiger partial charge in [-0.05, 0) is 0 Å². The van der Waals surface area contributed by atoms with E-state index in [4.69, 9.17) is 5.11 Å². The van der Waals surface area contributed by atoms with Crippen LogP contribution in [0.25, 0.3) is 0 Å². The van der Waals surface area contributed by atoms with E-state index in [0.29, 0.717) is 0 Å². The topological polar surface area (TPSA) is 75.3 Å². The van der Waals surface area contributed by atoms with E-state index in [1.807, 2.05) is 41.8 Å². The van der Waals surface area contributed by atoms with E-state index in [9.17, 15) is 4.79 Å². The highest BCUT2D eigenvalue weighted by molar-refractivity contribution is 5.68. The van der Waals surface area contributed by atoms with Gasteiger partial charge in [-0.25, -0.2) is 5.43 Å². The number of aliphatic carboxylic acids is 1. The predicted octanol–water partition coefficient (Wildman–Crippen LogP) is 0.221. The van der Waals surface area contributed by atoms with E-state index in [1.165, 1.54) is 0 Å². The van der Waals surface area contributed by atoms with E-state index in [0.717, 1.165) is 0 Å². The minimum Gasteiger partial charge on any atom is -0.480 e. The lowest BCUT2D eigenvalue weighted by Crippen LogP contribution is -2.28. The molecule has 1 aromatic carbocycles. The number of hydrogen-bond acceptors (Lipinski definition) is 3. The van der Waals surface area contributed by atoms with Gasteiger partial charge in [-0.3, -0.25) is 10.6 Å². The highest BCUT2D eigenvalue weighted by Gasteiger charge is 1.86. The first kappa shape index (κ1) is 10.6. The van der Waals surface area contributed by atoms with Crippen LogP contribution in [0.4, 0.5) is 0 Å². The van der Waals surface area contributed by atoms with Gasteiger partial charge < -0.3 is 5.11 Å². The van der Waals surface area contributed by atoms with Crippen molar-refractivity contribution in [1.82, 2.24) is 5.43 Å². The fraction of sp³-hybridized carbons (Fsp3) is 0.125. The molecule has 0 bridgehead atoms. The lowest BCUT2D eigenvalue weighted by Gasteiger charge is -1.84. The molecule has 0 atom stereocenters. The summed E-state index contributed by atoms with van der Waals surface area (Å²) in [5, 5.41) is 7.77. The van der Waals surface area contributed by atoms with Crippen molar-refractivity contribution in [3.63, 3.8) is 0 Å². The number of carbonyl (C=O) groups is 1. The number of nitrogens with one attached hydrogen (secondary N) is 1. The first-order valence-corrected chi connectivity index (χ1v) is 3.42. The minimum absolute atomic E-state index is 0.181. The Balaban J connectivity index is 0.000000202. The second-order valence-electron chi connectivity index (χ2n) is 1.93. The average molecular weight is 168 g/mol. The molecule has 0 amide bonds. The normalized spacial score (nSPS) is 8.08. The summed E-state index contributed by atoms with van der Waals surface area (Å²) in [5.74, 6) is 3.65. The van der Waals surface area contributed by atoms with Gasteiger partial charge in [0.1, 0.15) is 6.54 Å². The molecule has 0 aliphatic heterocycles. The fourth-order valence-corrected chi connectivity index (χ4v) is 0.472. The second-order valence-corrected chi connectivity index (χ2v) is 1.93. The van der Waals surface area contributed by atoms with Crippen molar-refractivity contribution in [2.75, 3.05) is 6.54 Å². The lowest BCUT2D eigenvalue weighted by atomic mass is 10.4. The third-order valence-corrected chi connectivity index (χ3v) is 0.920. The van der Waals surface area contributed by atoms with Gasteiger partial charge in [0, 0.05) is 0 Å². The molecule has 0 aromatic heterocycles. The summed E-state index contributed by atoms with van der Waals surface area (Å²) in [4.78, 5) is 9.46. The van der Waals surface area contributed by atoms with Crippen LogP contribution in [0.2, 0.25) is 0 Å². The van der Waals surface area contributed by atoms with Crippen LogP contribution in [-0.4, -0.2) is 17.6 Å². The number of carboxylic acids is 1. The van der Waals surface area contributed by atoms with Crippen LogP contribution in [0.15, 0.2) is 36.4 Å². The van der Waals surface area contributed by atoms with E-state index < -0.39 is 5.97 Å². The molecular formula is C8H12N2O2. The standard InChI is InChI=1S/C6H6.C2H6N2O2/c1-2-4-6-5-3-1;3-4-1-2(5)6/h1-6H;4H,1,3H2,(H,5,6). The molecule has 0 unspecified atom stereocenters. The largest absolute Gasteiger partial charge is 0.480 e. The van der Waals surface area contributed by atoms with E-state index in [1.54, 1.807) is 0 Å². The fourth-order valence-electron chi connectivity index (χ4n) is 0.472. The van der Waals surface area contributed by atoms with Crippen molar-refractivity contribution in [2.24, 2.45) is 5.84 Å². The van der Waals surface area contributed by atoms with Crippen LogP contribution in [0, 0.1) is 0 Å². The molecule has 1 aromatic rings. The van der Waals surface area contributed by atoms with Gasteiger partial charge >= 0.3 is 5.97 Å². The molecular weight excluding hydrogens is 156 g/mol. The monoisotopic (exact) mass is 168 g/mol. The molecule has 0 aliphatic carbocycles.